The van der Waals surface area contributed by atoms with Gasteiger partial charge in [0.15, 0.2) is 5.82 Å². The second kappa shape index (κ2) is 5.11. The van der Waals surface area contributed by atoms with E-state index in [1.165, 1.54) is 18.3 Å². The molecular formula is C11H11N3O3S. The predicted octanol–water partition coefficient (Wildman–Crippen LogP) is 0.770. The van der Waals surface area contributed by atoms with Gasteiger partial charge in [0.05, 0.1) is 11.5 Å². The number of sulfonamides is 1. The Hall–Kier alpha value is -1.99. The van der Waals surface area contributed by atoms with Crippen LogP contribution in [0.5, 0.6) is 0 Å². The van der Waals surface area contributed by atoms with Gasteiger partial charge in [0, 0.05) is 6.20 Å². The number of anilines is 1. The summed E-state index contributed by atoms with van der Waals surface area (Å²) in [6.45, 7) is -0.350. The molecule has 0 aliphatic heterocycles. The average molecular weight is 265 g/mol. The van der Waals surface area contributed by atoms with Crippen molar-refractivity contribution in [1.82, 2.24) is 10.2 Å². The summed E-state index contributed by atoms with van der Waals surface area (Å²) in [4.78, 5) is 0.0261. The van der Waals surface area contributed by atoms with Crippen molar-refractivity contribution in [3.8, 4) is 0 Å². The normalized spacial score (nSPS) is 11.2. The number of hydrogen-bond acceptors (Lipinski definition) is 5. The van der Waals surface area contributed by atoms with Gasteiger partial charge in [0.2, 0.25) is 0 Å². The zero-order chi connectivity index (χ0) is 13.0. The van der Waals surface area contributed by atoms with Crippen molar-refractivity contribution >= 4 is 15.8 Å². The van der Waals surface area contributed by atoms with Crippen LogP contribution in [0.15, 0.2) is 47.5 Å². The summed E-state index contributed by atoms with van der Waals surface area (Å²) in [5, 5.41) is 16.3. The number of benzene rings is 1. The Labute approximate surface area is 104 Å². The van der Waals surface area contributed by atoms with Gasteiger partial charge >= 0.3 is 0 Å². The quantitative estimate of drug-likeness (QED) is 0.851. The molecule has 0 radical (unpaired) electrons. The molecule has 7 heteroatoms. The first-order chi connectivity index (χ1) is 8.63. The van der Waals surface area contributed by atoms with Crippen molar-refractivity contribution in [2.45, 2.75) is 11.5 Å². The Morgan fingerprint density at radius 1 is 1.17 bits per heavy atom. The first-order valence-corrected chi connectivity index (χ1v) is 6.61. The van der Waals surface area contributed by atoms with Crippen LogP contribution in [0.25, 0.3) is 0 Å². The van der Waals surface area contributed by atoms with Crippen LogP contribution < -0.4 is 4.72 Å². The van der Waals surface area contributed by atoms with Crippen LogP contribution in [0.1, 0.15) is 5.56 Å². The third-order valence-corrected chi connectivity index (χ3v) is 3.70. The van der Waals surface area contributed by atoms with Gasteiger partial charge in [0.25, 0.3) is 10.0 Å². The molecule has 0 aliphatic rings. The number of aliphatic hydroxyl groups is 1. The first-order valence-electron chi connectivity index (χ1n) is 5.13. The van der Waals surface area contributed by atoms with Gasteiger partial charge < -0.3 is 5.11 Å². The fourth-order valence-electron chi connectivity index (χ4n) is 1.45. The summed E-state index contributed by atoms with van der Waals surface area (Å²) in [7, 11) is -3.77. The molecule has 0 atom stereocenters. The fourth-order valence-corrected chi connectivity index (χ4v) is 2.67. The third kappa shape index (κ3) is 2.63. The topological polar surface area (TPSA) is 92.2 Å². The van der Waals surface area contributed by atoms with Crippen molar-refractivity contribution in [2.75, 3.05) is 4.72 Å². The highest BCUT2D eigenvalue weighted by atomic mass is 32.2. The second-order valence-corrected chi connectivity index (χ2v) is 5.13. The molecule has 94 valence electrons. The van der Waals surface area contributed by atoms with Crippen molar-refractivity contribution in [1.29, 1.82) is 0 Å². The van der Waals surface area contributed by atoms with E-state index in [-0.39, 0.29) is 17.3 Å². The lowest BCUT2D eigenvalue weighted by atomic mass is 10.2. The lowest BCUT2D eigenvalue weighted by Crippen LogP contribution is -2.16. The van der Waals surface area contributed by atoms with Gasteiger partial charge in [-0.1, -0.05) is 18.2 Å². The van der Waals surface area contributed by atoms with Crippen LogP contribution in [-0.2, 0) is 16.6 Å². The Kier molecular flexibility index (Phi) is 3.54. The maximum Gasteiger partial charge on any atom is 0.263 e. The van der Waals surface area contributed by atoms with Crippen LogP contribution in [-0.4, -0.2) is 23.7 Å². The molecule has 2 rings (SSSR count). The monoisotopic (exact) mass is 265 g/mol. The lowest BCUT2D eigenvalue weighted by Gasteiger charge is -2.09. The van der Waals surface area contributed by atoms with Crippen LogP contribution in [0.3, 0.4) is 0 Å². The summed E-state index contributed by atoms with van der Waals surface area (Å²) in [6, 6.07) is 9.28. The Morgan fingerprint density at radius 2 is 1.94 bits per heavy atom. The molecule has 2 aromatic rings. The Bertz CT molecular complexity index is 629. The van der Waals surface area contributed by atoms with Gasteiger partial charge in [-0.05, 0) is 23.8 Å². The average Bonchev–Trinajstić information content (AvgIpc) is 2.39. The molecule has 0 aliphatic carbocycles. The molecule has 0 unspecified atom stereocenters. The molecular weight excluding hydrogens is 254 g/mol. The number of nitrogens with one attached hydrogen (secondary N) is 1. The number of rotatable bonds is 4. The minimum Gasteiger partial charge on any atom is -0.392 e. The van der Waals surface area contributed by atoms with Crippen molar-refractivity contribution < 1.29 is 13.5 Å². The second-order valence-electron chi connectivity index (χ2n) is 3.48. The van der Waals surface area contributed by atoms with E-state index < -0.39 is 10.0 Å². The van der Waals surface area contributed by atoms with Crippen molar-refractivity contribution in [2.24, 2.45) is 0 Å². The maximum absolute atomic E-state index is 12.1. The lowest BCUT2D eigenvalue weighted by molar-refractivity contribution is 0.278. The van der Waals surface area contributed by atoms with Crippen LogP contribution >= 0.6 is 0 Å². The molecule has 0 amide bonds. The van der Waals surface area contributed by atoms with Gasteiger partial charge in [-0.2, -0.15) is 5.10 Å². The Morgan fingerprint density at radius 3 is 2.61 bits per heavy atom. The first kappa shape index (κ1) is 12.5. The van der Waals surface area contributed by atoms with Gasteiger partial charge in [0.1, 0.15) is 0 Å². The van der Waals surface area contributed by atoms with E-state index in [1.54, 1.807) is 24.3 Å². The van der Waals surface area contributed by atoms with E-state index in [2.05, 4.69) is 14.9 Å². The van der Waals surface area contributed by atoms with E-state index in [9.17, 15) is 8.42 Å². The van der Waals surface area contributed by atoms with Crippen LogP contribution in [0.2, 0.25) is 0 Å². The maximum atomic E-state index is 12.1. The molecule has 1 aromatic carbocycles. The standard InChI is InChI=1S/C11H11N3O3S/c15-8-9-4-1-2-5-10(9)18(16,17)14-11-6-3-7-12-13-11/h1-7,15H,8H2,(H,13,14). The van der Waals surface area contributed by atoms with E-state index in [4.69, 9.17) is 5.11 Å². The fraction of sp³-hybridized carbons (Fsp3) is 0.0909. The zero-order valence-electron chi connectivity index (χ0n) is 9.31. The molecule has 1 heterocycles. The Balaban J connectivity index is 2.37. The minimum absolute atomic E-state index is 0.0261. The molecule has 18 heavy (non-hydrogen) atoms. The number of nitrogens with zero attached hydrogens (tertiary/aromatic N) is 2. The molecule has 0 bridgehead atoms. The van der Waals surface area contributed by atoms with Gasteiger partial charge in [-0.15, -0.1) is 5.10 Å². The van der Waals surface area contributed by atoms with Crippen LogP contribution in [0.4, 0.5) is 5.82 Å². The van der Waals surface area contributed by atoms with E-state index in [1.807, 2.05) is 0 Å². The molecule has 0 spiro atoms. The summed E-state index contributed by atoms with van der Waals surface area (Å²) in [5.41, 5.74) is 0.328. The molecule has 1 aromatic heterocycles. The summed E-state index contributed by atoms with van der Waals surface area (Å²) in [6.07, 6.45) is 1.44. The van der Waals surface area contributed by atoms with Gasteiger partial charge in [-0.25, -0.2) is 8.42 Å². The number of aliphatic hydroxyl groups excluding tert-OH is 1. The van der Waals surface area contributed by atoms with E-state index in [0.29, 0.717) is 5.56 Å². The van der Waals surface area contributed by atoms with E-state index in [0.717, 1.165) is 0 Å². The highest BCUT2D eigenvalue weighted by Crippen LogP contribution is 2.18. The summed E-state index contributed by atoms with van der Waals surface area (Å²) >= 11 is 0. The molecule has 6 nitrogen and oxygen atoms in total. The largest absolute Gasteiger partial charge is 0.392 e. The van der Waals surface area contributed by atoms with Crippen molar-refractivity contribution in [3.05, 3.63) is 48.2 Å². The highest BCUT2D eigenvalue weighted by molar-refractivity contribution is 7.92. The summed E-state index contributed by atoms with van der Waals surface area (Å²) < 4.78 is 26.5. The SMILES string of the molecule is O=S(=O)(Nc1cccnn1)c1ccccc1CO. The highest BCUT2D eigenvalue weighted by Gasteiger charge is 2.18. The van der Waals surface area contributed by atoms with Crippen LogP contribution in [0, 0.1) is 0 Å². The van der Waals surface area contributed by atoms with Crippen molar-refractivity contribution in [3.63, 3.8) is 0 Å². The van der Waals surface area contributed by atoms with Gasteiger partial charge in [-0.3, -0.25) is 4.72 Å². The molecule has 0 saturated carbocycles. The third-order valence-electron chi connectivity index (χ3n) is 2.24. The number of aromatic nitrogens is 2. The molecule has 2 N–H and O–H groups in total. The predicted molar refractivity (Wildman–Crippen MR) is 65.2 cm³/mol. The number of hydrogen-bond donors (Lipinski definition) is 2. The summed E-state index contributed by atoms with van der Waals surface area (Å²) in [5.74, 6) is 0.130. The molecule has 0 saturated heterocycles. The molecule has 0 fully saturated rings. The van der Waals surface area contributed by atoms with E-state index >= 15 is 0 Å². The smallest absolute Gasteiger partial charge is 0.263 e. The zero-order valence-corrected chi connectivity index (χ0v) is 10.1. The minimum atomic E-state index is -3.77.